The Balaban J connectivity index is 1.50. The SMILES string of the molecule is CC/C(=C\c1ccccc1)[C@@H]1C[C@H]1NC1CCN(C(C)(C)C(N)=O)CC1. The van der Waals surface area contributed by atoms with Gasteiger partial charge in [-0.25, -0.2) is 0 Å². The summed E-state index contributed by atoms with van der Waals surface area (Å²) in [5, 5.41) is 3.86. The second-order valence-electron chi connectivity index (χ2n) is 8.28. The summed E-state index contributed by atoms with van der Waals surface area (Å²) in [6.45, 7) is 8.00. The molecule has 2 atom stereocenters. The Morgan fingerprint density at radius 3 is 2.50 bits per heavy atom. The molecule has 1 aromatic carbocycles. The molecule has 0 radical (unpaired) electrons. The van der Waals surface area contributed by atoms with Crippen LogP contribution in [0.2, 0.25) is 0 Å². The third kappa shape index (κ3) is 4.36. The maximum absolute atomic E-state index is 11.6. The van der Waals surface area contributed by atoms with E-state index in [1.165, 1.54) is 12.0 Å². The van der Waals surface area contributed by atoms with Gasteiger partial charge in [0, 0.05) is 25.2 Å². The molecular weight excluding hydrogens is 322 g/mol. The van der Waals surface area contributed by atoms with Gasteiger partial charge in [0.05, 0.1) is 5.54 Å². The molecule has 0 spiro atoms. The first-order valence-electron chi connectivity index (χ1n) is 9.98. The van der Waals surface area contributed by atoms with Crippen LogP contribution in [0.3, 0.4) is 0 Å². The van der Waals surface area contributed by atoms with Crippen molar-refractivity contribution < 1.29 is 4.79 Å². The van der Waals surface area contributed by atoms with E-state index in [0.717, 1.165) is 32.4 Å². The molecule has 1 saturated carbocycles. The molecule has 1 heterocycles. The van der Waals surface area contributed by atoms with Crippen LogP contribution < -0.4 is 11.1 Å². The lowest BCUT2D eigenvalue weighted by Gasteiger charge is -2.41. The molecule has 4 heteroatoms. The summed E-state index contributed by atoms with van der Waals surface area (Å²) in [7, 11) is 0. The second-order valence-corrected chi connectivity index (χ2v) is 8.28. The molecule has 3 N–H and O–H groups in total. The van der Waals surface area contributed by atoms with Crippen molar-refractivity contribution in [3.63, 3.8) is 0 Å². The van der Waals surface area contributed by atoms with Crippen molar-refractivity contribution in [3.05, 3.63) is 41.5 Å². The van der Waals surface area contributed by atoms with Crippen LogP contribution in [0, 0.1) is 5.92 Å². The molecule has 2 fully saturated rings. The van der Waals surface area contributed by atoms with Crippen molar-refractivity contribution in [1.29, 1.82) is 0 Å². The van der Waals surface area contributed by atoms with Gasteiger partial charge in [-0.1, -0.05) is 48.9 Å². The highest BCUT2D eigenvalue weighted by atomic mass is 16.1. The summed E-state index contributed by atoms with van der Waals surface area (Å²) in [5.74, 6) is 0.449. The number of benzene rings is 1. The topological polar surface area (TPSA) is 58.4 Å². The number of carbonyl (C=O) groups is 1. The van der Waals surface area contributed by atoms with Gasteiger partial charge in [0.2, 0.25) is 5.91 Å². The molecule has 2 aliphatic rings. The zero-order chi connectivity index (χ0) is 18.7. The van der Waals surface area contributed by atoms with Crippen LogP contribution in [0.5, 0.6) is 0 Å². The predicted octanol–water partition coefficient (Wildman–Crippen LogP) is 3.19. The van der Waals surface area contributed by atoms with E-state index in [4.69, 9.17) is 5.73 Å². The minimum atomic E-state index is -0.541. The molecular formula is C22H33N3O. The first kappa shape index (κ1) is 19.1. The fourth-order valence-electron chi connectivity index (χ4n) is 4.09. The number of carbonyl (C=O) groups excluding carboxylic acids is 1. The van der Waals surface area contributed by atoms with E-state index in [-0.39, 0.29) is 5.91 Å². The number of rotatable bonds is 7. The molecule has 0 unspecified atom stereocenters. The van der Waals surface area contributed by atoms with Gasteiger partial charge in [0.1, 0.15) is 0 Å². The minimum Gasteiger partial charge on any atom is -0.368 e. The quantitative estimate of drug-likeness (QED) is 0.790. The van der Waals surface area contributed by atoms with Crippen molar-refractivity contribution in [3.8, 4) is 0 Å². The lowest BCUT2D eigenvalue weighted by atomic mass is 9.95. The number of nitrogens with zero attached hydrogens (tertiary/aromatic N) is 1. The molecule has 3 rings (SSSR count). The van der Waals surface area contributed by atoms with E-state index < -0.39 is 5.54 Å². The van der Waals surface area contributed by atoms with Crippen molar-refractivity contribution in [2.45, 2.75) is 64.1 Å². The summed E-state index contributed by atoms with van der Waals surface area (Å²) in [4.78, 5) is 13.9. The molecule has 0 aromatic heterocycles. The van der Waals surface area contributed by atoms with Gasteiger partial charge in [0.25, 0.3) is 0 Å². The van der Waals surface area contributed by atoms with E-state index in [0.29, 0.717) is 18.0 Å². The number of amides is 1. The first-order chi connectivity index (χ1) is 12.4. The third-order valence-electron chi connectivity index (χ3n) is 6.16. The van der Waals surface area contributed by atoms with E-state index in [2.05, 4.69) is 53.5 Å². The number of piperidine rings is 1. The maximum atomic E-state index is 11.6. The maximum Gasteiger partial charge on any atom is 0.237 e. The molecule has 26 heavy (non-hydrogen) atoms. The molecule has 1 saturated heterocycles. The van der Waals surface area contributed by atoms with E-state index in [1.54, 1.807) is 5.57 Å². The molecule has 1 amide bonds. The number of nitrogens with one attached hydrogen (secondary N) is 1. The molecule has 1 aliphatic carbocycles. The zero-order valence-corrected chi connectivity index (χ0v) is 16.4. The fraction of sp³-hybridized carbons (Fsp3) is 0.591. The number of nitrogens with two attached hydrogens (primary N) is 1. The summed E-state index contributed by atoms with van der Waals surface area (Å²) >= 11 is 0. The van der Waals surface area contributed by atoms with Crippen LogP contribution in [0.1, 0.15) is 52.0 Å². The summed E-state index contributed by atoms with van der Waals surface area (Å²) in [6.07, 6.45) is 6.90. The highest BCUT2D eigenvalue weighted by Crippen LogP contribution is 2.40. The van der Waals surface area contributed by atoms with E-state index in [9.17, 15) is 4.79 Å². The Labute approximate surface area is 157 Å². The Hall–Kier alpha value is -1.65. The normalized spacial score (nSPS) is 25.3. The molecule has 4 nitrogen and oxygen atoms in total. The largest absolute Gasteiger partial charge is 0.368 e. The van der Waals surface area contributed by atoms with Crippen molar-refractivity contribution in [2.75, 3.05) is 13.1 Å². The van der Waals surface area contributed by atoms with Gasteiger partial charge in [-0.05, 0) is 51.0 Å². The third-order valence-corrected chi connectivity index (χ3v) is 6.16. The Morgan fingerprint density at radius 2 is 1.92 bits per heavy atom. The second kappa shape index (κ2) is 7.93. The first-order valence-corrected chi connectivity index (χ1v) is 9.98. The van der Waals surface area contributed by atoms with Gasteiger partial charge < -0.3 is 11.1 Å². The van der Waals surface area contributed by atoms with Crippen LogP contribution in [0.25, 0.3) is 6.08 Å². The smallest absolute Gasteiger partial charge is 0.237 e. The van der Waals surface area contributed by atoms with Crippen LogP contribution in [-0.4, -0.2) is 41.5 Å². The highest BCUT2D eigenvalue weighted by molar-refractivity contribution is 5.83. The average molecular weight is 356 g/mol. The van der Waals surface area contributed by atoms with Gasteiger partial charge in [0.15, 0.2) is 0 Å². The number of hydrogen-bond acceptors (Lipinski definition) is 3. The molecule has 1 aromatic rings. The van der Waals surface area contributed by atoms with Crippen LogP contribution in [-0.2, 0) is 4.79 Å². The monoisotopic (exact) mass is 355 g/mol. The average Bonchev–Trinajstić information content (AvgIpc) is 3.39. The zero-order valence-electron chi connectivity index (χ0n) is 16.4. The summed E-state index contributed by atoms with van der Waals surface area (Å²) in [6, 6.07) is 11.8. The number of primary amides is 1. The van der Waals surface area contributed by atoms with Gasteiger partial charge in [-0.3, -0.25) is 9.69 Å². The van der Waals surface area contributed by atoms with Crippen LogP contribution in [0.4, 0.5) is 0 Å². The lowest BCUT2D eigenvalue weighted by Crippen LogP contribution is -2.57. The van der Waals surface area contributed by atoms with E-state index >= 15 is 0 Å². The van der Waals surface area contributed by atoms with Crippen molar-refractivity contribution >= 4 is 12.0 Å². The van der Waals surface area contributed by atoms with Crippen molar-refractivity contribution in [1.82, 2.24) is 10.2 Å². The minimum absolute atomic E-state index is 0.232. The standard InChI is InChI=1S/C22H33N3O/c1-4-17(14-16-8-6-5-7-9-16)19-15-20(19)24-18-10-12-25(13-11-18)22(2,3)21(23)26/h5-9,14,18-20,24H,4,10-13,15H2,1-3H3,(H2,23,26)/b17-14+/t19-,20+/m0/s1. The summed E-state index contributed by atoms with van der Waals surface area (Å²) < 4.78 is 0. The Morgan fingerprint density at radius 1 is 1.27 bits per heavy atom. The molecule has 1 aliphatic heterocycles. The van der Waals surface area contributed by atoms with Crippen LogP contribution >= 0.6 is 0 Å². The fourth-order valence-corrected chi connectivity index (χ4v) is 4.09. The Bertz CT molecular complexity index is 645. The molecule has 0 bridgehead atoms. The summed E-state index contributed by atoms with van der Waals surface area (Å²) in [5.41, 5.74) is 7.87. The van der Waals surface area contributed by atoms with Crippen LogP contribution in [0.15, 0.2) is 35.9 Å². The highest BCUT2D eigenvalue weighted by Gasteiger charge is 2.41. The number of likely N-dealkylation sites (tertiary alicyclic amines) is 1. The predicted molar refractivity (Wildman–Crippen MR) is 108 cm³/mol. The molecule has 142 valence electrons. The van der Waals surface area contributed by atoms with Gasteiger partial charge >= 0.3 is 0 Å². The van der Waals surface area contributed by atoms with E-state index in [1.807, 2.05) is 13.8 Å². The Kier molecular flexibility index (Phi) is 5.83. The van der Waals surface area contributed by atoms with Gasteiger partial charge in [-0.2, -0.15) is 0 Å². The van der Waals surface area contributed by atoms with Gasteiger partial charge in [-0.15, -0.1) is 0 Å². The van der Waals surface area contributed by atoms with Crippen molar-refractivity contribution in [2.24, 2.45) is 11.7 Å². The number of hydrogen-bond donors (Lipinski definition) is 2. The lowest BCUT2D eigenvalue weighted by molar-refractivity contribution is -0.129.